The fraction of sp³-hybridized carbons (Fsp3) is 0.438. The van der Waals surface area contributed by atoms with E-state index >= 15 is 0 Å². The predicted molar refractivity (Wildman–Crippen MR) is 91.1 cm³/mol. The first-order valence-corrected chi connectivity index (χ1v) is 8.42. The van der Waals surface area contributed by atoms with Crippen LogP contribution in [0, 0.1) is 0 Å². The van der Waals surface area contributed by atoms with Crippen LogP contribution in [0.25, 0.3) is 0 Å². The highest BCUT2D eigenvalue weighted by molar-refractivity contribution is 8.00. The number of rotatable bonds is 8. The Kier molecular flexibility index (Phi) is 6.15. The maximum Gasteiger partial charge on any atom is 0.0946 e. The van der Waals surface area contributed by atoms with E-state index in [1.54, 1.807) is 0 Å². The molecule has 5 heteroatoms. The SMILES string of the molecule is CCCNCC(C)(Cn1ccnc1)Sc1ccc(Cl)cc1. The molecule has 1 aromatic heterocycles. The van der Waals surface area contributed by atoms with Crippen molar-refractivity contribution < 1.29 is 0 Å². The van der Waals surface area contributed by atoms with Gasteiger partial charge in [0.2, 0.25) is 0 Å². The first-order chi connectivity index (χ1) is 10.1. The Labute approximate surface area is 136 Å². The molecule has 0 radical (unpaired) electrons. The molecule has 2 aromatic rings. The van der Waals surface area contributed by atoms with Gasteiger partial charge in [-0.05, 0) is 44.2 Å². The molecule has 0 bridgehead atoms. The van der Waals surface area contributed by atoms with Gasteiger partial charge in [-0.15, -0.1) is 11.8 Å². The Hall–Kier alpha value is -0.970. The van der Waals surface area contributed by atoms with Crippen molar-refractivity contribution in [2.45, 2.75) is 36.5 Å². The standard InChI is InChI=1S/C16H22ClN3S/c1-3-8-18-11-16(2,12-20-10-9-19-13-20)21-15-6-4-14(17)5-7-15/h4-7,9-10,13,18H,3,8,11-12H2,1-2H3. The minimum Gasteiger partial charge on any atom is -0.336 e. The molecule has 3 nitrogen and oxygen atoms in total. The largest absolute Gasteiger partial charge is 0.336 e. The lowest BCUT2D eigenvalue weighted by atomic mass is 10.1. The van der Waals surface area contributed by atoms with E-state index in [0.717, 1.165) is 31.1 Å². The van der Waals surface area contributed by atoms with Crippen LogP contribution in [0.3, 0.4) is 0 Å². The van der Waals surface area contributed by atoms with E-state index in [-0.39, 0.29) is 4.75 Å². The summed E-state index contributed by atoms with van der Waals surface area (Å²) in [6, 6.07) is 8.06. The summed E-state index contributed by atoms with van der Waals surface area (Å²) >= 11 is 7.85. The first kappa shape index (κ1) is 16.4. The van der Waals surface area contributed by atoms with Crippen molar-refractivity contribution in [1.29, 1.82) is 0 Å². The van der Waals surface area contributed by atoms with Gasteiger partial charge < -0.3 is 9.88 Å². The number of nitrogens with one attached hydrogen (secondary N) is 1. The lowest BCUT2D eigenvalue weighted by Crippen LogP contribution is -2.38. The van der Waals surface area contributed by atoms with Gasteiger partial charge >= 0.3 is 0 Å². The number of hydrogen-bond donors (Lipinski definition) is 1. The molecule has 0 amide bonds. The molecular weight excluding hydrogens is 302 g/mol. The number of nitrogens with zero attached hydrogens (tertiary/aromatic N) is 2. The lowest BCUT2D eigenvalue weighted by Gasteiger charge is -2.30. The molecule has 0 fully saturated rings. The molecule has 1 N–H and O–H groups in total. The molecule has 21 heavy (non-hydrogen) atoms. The van der Waals surface area contributed by atoms with Gasteiger partial charge in [-0.25, -0.2) is 4.98 Å². The van der Waals surface area contributed by atoms with E-state index in [2.05, 4.69) is 40.8 Å². The Morgan fingerprint density at radius 1 is 1.33 bits per heavy atom. The van der Waals surface area contributed by atoms with Crippen molar-refractivity contribution >= 4 is 23.4 Å². The molecule has 0 aliphatic rings. The topological polar surface area (TPSA) is 29.9 Å². The molecule has 114 valence electrons. The normalized spacial score (nSPS) is 14.0. The third-order valence-electron chi connectivity index (χ3n) is 3.18. The highest BCUT2D eigenvalue weighted by atomic mass is 35.5. The quantitative estimate of drug-likeness (QED) is 0.586. The van der Waals surface area contributed by atoms with Crippen molar-refractivity contribution in [3.8, 4) is 0 Å². The predicted octanol–water partition coefficient (Wildman–Crippen LogP) is 4.09. The van der Waals surface area contributed by atoms with Crippen LogP contribution in [-0.2, 0) is 6.54 Å². The second-order valence-electron chi connectivity index (χ2n) is 5.42. The Bertz CT molecular complexity index is 527. The summed E-state index contributed by atoms with van der Waals surface area (Å²) < 4.78 is 2.19. The van der Waals surface area contributed by atoms with Gasteiger partial charge in [-0.3, -0.25) is 0 Å². The van der Waals surface area contributed by atoms with Crippen molar-refractivity contribution in [1.82, 2.24) is 14.9 Å². The number of thioether (sulfide) groups is 1. The van der Waals surface area contributed by atoms with Gasteiger partial charge in [0.05, 0.1) is 6.33 Å². The minimum atomic E-state index is 0.0592. The Morgan fingerprint density at radius 2 is 2.10 bits per heavy atom. The second-order valence-corrected chi connectivity index (χ2v) is 7.52. The highest BCUT2D eigenvalue weighted by Crippen LogP contribution is 2.34. The van der Waals surface area contributed by atoms with Crippen LogP contribution in [-0.4, -0.2) is 27.4 Å². The van der Waals surface area contributed by atoms with Crippen LogP contribution in [0.15, 0.2) is 47.9 Å². The molecule has 1 aromatic carbocycles. The molecule has 0 saturated heterocycles. The van der Waals surface area contributed by atoms with E-state index in [0.29, 0.717) is 0 Å². The monoisotopic (exact) mass is 323 g/mol. The van der Waals surface area contributed by atoms with Crippen molar-refractivity contribution in [2.24, 2.45) is 0 Å². The molecule has 0 aliphatic carbocycles. The maximum atomic E-state index is 5.97. The molecular formula is C16H22ClN3S. The van der Waals surface area contributed by atoms with E-state index < -0.39 is 0 Å². The summed E-state index contributed by atoms with van der Waals surface area (Å²) in [5.41, 5.74) is 0. The summed E-state index contributed by atoms with van der Waals surface area (Å²) in [5, 5.41) is 4.32. The summed E-state index contributed by atoms with van der Waals surface area (Å²) in [6.07, 6.45) is 6.86. The average Bonchev–Trinajstić information content (AvgIpc) is 2.94. The zero-order valence-electron chi connectivity index (χ0n) is 12.6. The summed E-state index contributed by atoms with van der Waals surface area (Å²) in [4.78, 5) is 5.37. The zero-order valence-corrected chi connectivity index (χ0v) is 14.1. The number of aromatic nitrogens is 2. The third kappa shape index (κ3) is 5.38. The highest BCUT2D eigenvalue weighted by Gasteiger charge is 2.26. The van der Waals surface area contributed by atoms with Crippen LogP contribution >= 0.6 is 23.4 Å². The molecule has 0 aliphatic heterocycles. The van der Waals surface area contributed by atoms with Crippen LogP contribution in [0.5, 0.6) is 0 Å². The van der Waals surface area contributed by atoms with Crippen molar-refractivity contribution in [3.05, 3.63) is 48.0 Å². The van der Waals surface area contributed by atoms with Gasteiger partial charge in [0, 0.05) is 40.1 Å². The van der Waals surface area contributed by atoms with Crippen molar-refractivity contribution in [3.63, 3.8) is 0 Å². The Balaban J connectivity index is 2.08. The van der Waals surface area contributed by atoms with Gasteiger partial charge in [-0.1, -0.05) is 18.5 Å². The fourth-order valence-electron chi connectivity index (χ4n) is 2.21. The van der Waals surface area contributed by atoms with Crippen molar-refractivity contribution in [2.75, 3.05) is 13.1 Å². The summed E-state index contributed by atoms with van der Waals surface area (Å²) in [6.45, 7) is 7.38. The zero-order chi connectivity index (χ0) is 15.1. The van der Waals surface area contributed by atoms with E-state index in [1.165, 1.54) is 4.90 Å². The van der Waals surface area contributed by atoms with E-state index in [4.69, 9.17) is 11.6 Å². The molecule has 0 spiro atoms. The summed E-state index contributed by atoms with van der Waals surface area (Å²) in [7, 11) is 0. The Morgan fingerprint density at radius 3 is 2.71 bits per heavy atom. The van der Waals surface area contributed by atoms with E-state index in [9.17, 15) is 0 Å². The second kappa shape index (κ2) is 7.87. The van der Waals surface area contributed by atoms with E-state index in [1.807, 2.05) is 42.6 Å². The summed E-state index contributed by atoms with van der Waals surface area (Å²) in [5.74, 6) is 0. The van der Waals surface area contributed by atoms with Crippen LogP contribution < -0.4 is 5.32 Å². The fourth-order valence-corrected chi connectivity index (χ4v) is 3.56. The minimum absolute atomic E-state index is 0.0592. The third-order valence-corrected chi connectivity index (χ3v) is 4.71. The molecule has 0 saturated carbocycles. The van der Waals surface area contributed by atoms with Crippen LogP contribution in [0.1, 0.15) is 20.3 Å². The number of benzene rings is 1. The first-order valence-electron chi connectivity index (χ1n) is 7.22. The number of halogens is 1. The average molecular weight is 324 g/mol. The number of imidazole rings is 1. The molecule has 1 heterocycles. The maximum absolute atomic E-state index is 5.97. The van der Waals surface area contributed by atoms with Gasteiger partial charge in [0.1, 0.15) is 0 Å². The number of hydrogen-bond acceptors (Lipinski definition) is 3. The van der Waals surface area contributed by atoms with Gasteiger partial charge in [0.15, 0.2) is 0 Å². The van der Waals surface area contributed by atoms with Gasteiger partial charge in [-0.2, -0.15) is 0 Å². The van der Waals surface area contributed by atoms with Crippen LogP contribution in [0.2, 0.25) is 5.02 Å². The molecule has 1 unspecified atom stereocenters. The van der Waals surface area contributed by atoms with Crippen LogP contribution in [0.4, 0.5) is 0 Å². The molecule has 2 rings (SSSR count). The smallest absolute Gasteiger partial charge is 0.0946 e. The molecule has 1 atom stereocenters. The lowest BCUT2D eigenvalue weighted by molar-refractivity contribution is 0.485. The van der Waals surface area contributed by atoms with Gasteiger partial charge in [0.25, 0.3) is 0 Å².